The minimum absolute atomic E-state index is 0.309. The van der Waals surface area contributed by atoms with Gasteiger partial charge in [-0.3, -0.25) is 4.79 Å². The van der Waals surface area contributed by atoms with Crippen molar-refractivity contribution in [3.05, 3.63) is 24.0 Å². The molecule has 2 heteroatoms. The number of rotatable bonds is 2. The van der Waals surface area contributed by atoms with E-state index in [0.717, 1.165) is 5.57 Å². The summed E-state index contributed by atoms with van der Waals surface area (Å²) in [7, 11) is 0. The predicted octanol–water partition coefficient (Wildman–Crippen LogP) is 2.03. The number of allylic oxidation sites excluding steroid dienone is 2. The molecule has 0 amide bonds. The minimum Gasteiger partial charge on any atom is -0.427 e. The van der Waals surface area contributed by atoms with E-state index < -0.39 is 0 Å². The van der Waals surface area contributed by atoms with Crippen LogP contribution in [0.2, 0.25) is 0 Å². The van der Waals surface area contributed by atoms with E-state index in [4.69, 9.17) is 4.74 Å². The highest BCUT2D eigenvalue weighted by Gasteiger charge is 1.99. The first-order chi connectivity index (χ1) is 4.57. The predicted molar refractivity (Wildman–Crippen MR) is 40.3 cm³/mol. The summed E-state index contributed by atoms with van der Waals surface area (Å²) in [5, 5.41) is 0. The fraction of sp³-hybridized carbons (Fsp3) is 0.375. The molecule has 0 aliphatic heterocycles. The van der Waals surface area contributed by atoms with Crippen LogP contribution in [0.3, 0.4) is 0 Å². The van der Waals surface area contributed by atoms with Gasteiger partial charge >= 0.3 is 5.97 Å². The first-order valence-corrected chi connectivity index (χ1v) is 3.08. The Morgan fingerprint density at radius 3 is 2.10 bits per heavy atom. The SMILES string of the molecule is C=C(C)/C(=C\C)OC(C)=O. The van der Waals surface area contributed by atoms with Crippen LogP contribution >= 0.6 is 0 Å². The van der Waals surface area contributed by atoms with Crippen LogP contribution in [0.4, 0.5) is 0 Å². The highest BCUT2D eigenvalue weighted by atomic mass is 16.5. The second kappa shape index (κ2) is 3.88. The molecule has 0 atom stereocenters. The highest BCUT2D eigenvalue weighted by Crippen LogP contribution is 2.07. The van der Waals surface area contributed by atoms with Crippen LogP contribution in [-0.4, -0.2) is 5.97 Å². The summed E-state index contributed by atoms with van der Waals surface area (Å²) >= 11 is 0. The zero-order chi connectivity index (χ0) is 8.15. The van der Waals surface area contributed by atoms with Crippen LogP contribution in [-0.2, 0) is 9.53 Å². The van der Waals surface area contributed by atoms with Crippen molar-refractivity contribution in [2.24, 2.45) is 0 Å². The van der Waals surface area contributed by atoms with Crippen molar-refractivity contribution >= 4 is 5.97 Å². The molecule has 56 valence electrons. The van der Waals surface area contributed by atoms with Crippen molar-refractivity contribution in [1.29, 1.82) is 0 Å². The summed E-state index contributed by atoms with van der Waals surface area (Å²) in [6, 6.07) is 0. The number of esters is 1. The summed E-state index contributed by atoms with van der Waals surface area (Å²) in [4.78, 5) is 10.4. The Morgan fingerprint density at radius 1 is 1.50 bits per heavy atom. The molecule has 0 aromatic carbocycles. The lowest BCUT2D eigenvalue weighted by Crippen LogP contribution is -1.98. The van der Waals surface area contributed by atoms with Crippen LogP contribution in [0.5, 0.6) is 0 Å². The maximum Gasteiger partial charge on any atom is 0.308 e. The molecular formula is C8H12O2. The van der Waals surface area contributed by atoms with Gasteiger partial charge in [-0.05, 0) is 25.5 Å². The third kappa shape index (κ3) is 3.07. The third-order valence-electron chi connectivity index (χ3n) is 0.937. The summed E-state index contributed by atoms with van der Waals surface area (Å²) in [5.74, 6) is 0.239. The standard InChI is InChI=1S/C8H12O2/c1-5-8(6(2)3)10-7(4)9/h5H,2H2,1,3-4H3/b8-5+. The average Bonchev–Trinajstić information content (AvgIpc) is 1.81. The summed E-state index contributed by atoms with van der Waals surface area (Å²) in [6.45, 7) is 8.59. The van der Waals surface area contributed by atoms with Crippen molar-refractivity contribution in [2.75, 3.05) is 0 Å². The molecule has 0 N–H and O–H groups in total. The van der Waals surface area contributed by atoms with Crippen molar-refractivity contribution in [2.45, 2.75) is 20.8 Å². The molecule has 0 aliphatic carbocycles. The molecule has 2 nitrogen and oxygen atoms in total. The third-order valence-corrected chi connectivity index (χ3v) is 0.937. The smallest absolute Gasteiger partial charge is 0.308 e. The lowest BCUT2D eigenvalue weighted by atomic mass is 10.3. The lowest BCUT2D eigenvalue weighted by molar-refractivity contribution is -0.136. The van der Waals surface area contributed by atoms with Crippen molar-refractivity contribution in [3.8, 4) is 0 Å². The molecule has 0 saturated heterocycles. The van der Waals surface area contributed by atoms with E-state index in [9.17, 15) is 4.79 Å². The molecule has 0 bridgehead atoms. The van der Waals surface area contributed by atoms with Gasteiger partial charge in [0.2, 0.25) is 0 Å². The molecule has 0 saturated carbocycles. The summed E-state index contributed by atoms with van der Waals surface area (Å²) < 4.78 is 4.78. The van der Waals surface area contributed by atoms with Crippen LogP contribution in [0.15, 0.2) is 24.0 Å². The Labute approximate surface area is 61.2 Å². The molecule has 0 aliphatic rings. The van der Waals surface area contributed by atoms with Gasteiger partial charge in [0.15, 0.2) is 0 Å². The Hall–Kier alpha value is -1.05. The molecule has 0 rings (SSSR count). The molecule has 0 heterocycles. The van der Waals surface area contributed by atoms with Gasteiger partial charge in [0, 0.05) is 6.92 Å². The number of ether oxygens (including phenoxy) is 1. The molecule has 0 spiro atoms. The van der Waals surface area contributed by atoms with Gasteiger partial charge in [0.1, 0.15) is 5.76 Å². The van der Waals surface area contributed by atoms with Gasteiger partial charge in [0.05, 0.1) is 0 Å². The van der Waals surface area contributed by atoms with E-state index in [1.165, 1.54) is 6.92 Å². The highest BCUT2D eigenvalue weighted by molar-refractivity contribution is 5.68. The average molecular weight is 140 g/mol. The Balaban J connectivity index is 4.12. The normalized spacial score (nSPS) is 10.9. The number of hydrogen-bond acceptors (Lipinski definition) is 2. The first kappa shape index (κ1) is 8.95. The van der Waals surface area contributed by atoms with Crippen LogP contribution in [0, 0.1) is 0 Å². The molecule has 0 aromatic heterocycles. The van der Waals surface area contributed by atoms with Crippen LogP contribution < -0.4 is 0 Å². The van der Waals surface area contributed by atoms with Crippen molar-refractivity contribution in [1.82, 2.24) is 0 Å². The fourth-order valence-electron chi connectivity index (χ4n) is 0.547. The van der Waals surface area contributed by atoms with Gasteiger partial charge in [-0.15, -0.1) is 0 Å². The molecule has 10 heavy (non-hydrogen) atoms. The maximum absolute atomic E-state index is 10.4. The molecule has 0 unspecified atom stereocenters. The molecular weight excluding hydrogens is 128 g/mol. The van der Waals surface area contributed by atoms with Crippen LogP contribution in [0.1, 0.15) is 20.8 Å². The first-order valence-electron chi connectivity index (χ1n) is 3.08. The topological polar surface area (TPSA) is 26.3 Å². The van der Waals surface area contributed by atoms with E-state index in [1.807, 2.05) is 0 Å². The van der Waals surface area contributed by atoms with Crippen LogP contribution in [0.25, 0.3) is 0 Å². The van der Waals surface area contributed by atoms with E-state index in [0.29, 0.717) is 5.76 Å². The Morgan fingerprint density at radius 2 is 2.00 bits per heavy atom. The molecule has 0 radical (unpaired) electrons. The van der Waals surface area contributed by atoms with Gasteiger partial charge in [-0.1, -0.05) is 6.58 Å². The largest absolute Gasteiger partial charge is 0.427 e. The summed E-state index contributed by atoms with van der Waals surface area (Å²) in [6.07, 6.45) is 1.71. The summed E-state index contributed by atoms with van der Waals surface area (Å²) in [5.41, 5.74) is 0.762. The van der Waals surface area contributed by atoms with Gasteiger partial charge in [-0.25, -0.2) is 0 Å². The number of carbonyl (C=O) groups is 1. The van der Waals surface area contributed by atoms with Gasteiger partial charge in [0.25, 0.3) is 0 Å². The molecule has 0 aromatic rings. The quantitative estimate of drug-likeness (QED) is 0.333. The zero-order valence-electron chi connectivity index (χ0n) is 6.60. The van der Waals surface area contributed by atoms with Gasteiger partial charge in [-0.2, -0.15) is 0 Å². The zero-order valence-corrected chi connectivity index (χ0v) is 6.60. The fourth-order valence-corrected chi connectivity index (χ4v) is 0.547. The lowest BCUT2D eigenvalue weighted by Gasteiger charge is -2.03. The number of hydrogen-bond donors (Lipinski definition) is 0. The van der Waals surface area contributed by atoms with E-state index in [-0.39, 0.29) is 5.97 Å². The van der Waals surface area contributed by atoms with E-state index in [1.54, 1.807) is 19.9 Å². The molecule has 0 fully saturated rings. The Bertz CT molecular complexity index is 178. The monoisotopic (exact) mass is 140 g/mol. The van der Waals surface area contributed by atoms with E-state index in [2.05, 4.69) is 6.58 Å². The second-order valence-electron chi connectivity index (χ2n) is 2.03. The number of carbonyl (C=O) groups excluding carboxylic acids is 1. The van der Waals surface area contributed by atoms with Crippen molar-refractivity contribution in [3.63, 3.8) is 0 Å². The maximum atomic E-state index is 10.4. The van der Waals surface area contributed by atoms with Gasteiger partial charge < -0.3 is 4.74 Å². The second-order valence-corrected chi connectivity index (χ2v) is 2.03. The Kier molecular flexibility index (Phi) is 3.47. The van der Waals surface area contributed by atoms with E-state index >= 15 is 0 Å². The minimum atomic E-state index is -0.309. The van der Waals surface area contributed by atoms with Crippen molar-refractivity contribution < 1.29 is 9.53 Å².